The zero-order chi connectivity index (χ0) is 13.8. The van der Waals surface area contributed by atoms with Crippen molar-refractivity contribution in [1.82, 2.24) is 25.0 Å². The summed E-state index contributed by atoms with van der Waals surface area (Å²) in [6.45, 7) is 3.38. The van der Waals surface area contributed by atoms with Crippen molar-refractivity contribution < 1.29 is 9.59 Å². The summed E-state index contributed by atoms with van der Waals surface area (Å²) in [5, 5.41) is 6.69. The molecule has 1 N–H and O–H groups in total. The lowest BCUT2D eigenvalue weighted by Gasteiger charge is -2.17. The molecule has 2 rings (SSSR count). The molecule has 104 valence electrons. The first-order chi connectivity index (χ1) is 9.11. The quantitative estimate of drug-likeness (QED) is 0.838. The van der Waals surface area contributed by atoms with E-state index in [2.05, 4.69) is 15.2 Å². The van der Waals surface area contributed by atoms with Gasteiger partial charge in [-0.05, 0) is 12.8 Å². The van der Waals surface area contributed by atoms with Crippen LogP contribution in [0.4, 0.5) is 0 Å². The number of H-pyrrole nitrogens is 1. The highest BCUT2D eigenvalue weighted by molar-refractivity contribution is 5.93. The molecular weight excluding hydrogens is 246 g/mol. The average Bonchev–Trinajstić information content (AvgIpc) is 2.78. The maximum Gasteiger partial charge on any atom is 0.293 e. The number of hydrogen-bond donors (Lipinski definition) is 1. The van der Waals surface area contributed by atoms with Gasteiger partial charge in [0, 0.05) is 26.6 Å². The Balaban J connectivity index is 2.07. The number of nitrogens with one attached hydrogen (secondary N) is 1. The molecule has 1 fully saturated rings. The van der Waals surface area contributed by atoms with Gasteiger partial charge in [0.1, 0.15) is 12.4 Å². The summed E-state index contributed by atoms with van der Waals surface area (Å²) in [6, 6.07) is 0. The molecule has 1 aromatic rings. The molecular formula is C12H19N5O2. The Labute approximate surface area is 112 Å². The Kier molecular flexibility index (Phi) is 4.13. The predicted molar refractivity (Wildman–Crippen MR) is 68.5 cm³/mol. The Hall–Kier alpha value is -1.92. The zero-order valence-corrected chi connectivity index (χ0v) is 11.3. The predicted octanol–water partition coefficient (Wildman–Crippen LogP) is 0.0615. The normalized spacial score (nSPS) is 16.6. The number of aromatic amines is 1. The van der Waals surface area contributed by atoms with Gasteiger partial charge in [0.05, 0.1) is 0 Å². The van der Waals surface area contributed by atoms with Crippen molar-refractivity contribution in [2.75, 3.05) is 26.7 Å². The number of carbonyl (C=O) groups is 2. The largest absolute Gasteiger partial charge is 0.344 e. The van der Waals surface area contributed by atoms with Gasteiger partial charge in [-0.25, -0.2) is 4.98 Å². The molecule has 0 aliphatic carbocycles. The summed E-state index contributed by atoms with van der Waals surface area (Å²) in [4.78, 5) is 31.3. The minimum Gasteiger partial charge on any atom is -0.344 e. The maximum atomic E-state index is 12.2. The summed E-state index contributed by atoms with van der Waals surface area (Å²) in [6.07, 6.45) is 2.48. The van der Waals surface area contributed by atoms with E-state index in [1.54, 1.807) is 11.9 Å². The number of amides is 2. The van der Waals surface area contributed by atoms with Gasteiger partial charge in [0.15, 0.2) is 0 Å². The Morgan fingerprint density at radius 1 is 1.42 bits per heavy atom. The van der Waals surface area contributed by atoms with Crippen molar-refractivity contribution in [3.63, 3.8) is 0 Å². The molecule has 0 unspecified atom stereocenters. The molecule has 2 amide bonds. The molecule has 1 aliphatic heterocycles. The molecule has 7 nitrogen and oxygen atoms in total. The molecule has 0 atom stereocenters. The van der Waals surface area contributed by atoms with Gasteiger partial charge in [-0.3, -0.25) is 14.7 Å². The van der Waals surface area contributed by atoms with Crippen LogP contribution in [0.1, 0.15) is 36.2 Å². The molecule has 0 spiro atoms. The van der Waals surface area contributed by atoms with Crippen molar-refractivity contribution in [2.45, 2.75) is 26.2 Å². The van der Waals surface area contributed by atoms with Crippen molar-refractivity contribution in [3.05, 3.63) is 11.6 Å². The number of rotatable bonds is 3. The van der Waals surface area contributed by atoms with Crippen LogP contribution in [0.2, 0.25) is 0 Å². The summed E-state index contributed by atoms with van der Waals surface area (Å²) >= 11 is 0. The third kappa shape index (κ3) is 3.10. The first-order valence-corrected chi connectivity index (χ1v) is 6.56. The lowest BCUT2D eigenvalue weighted by Crippen LogP contribution is -2.38. The molecule has 7 heteroatoms. The maximum absolute atomic E-state index is 12.2. The van der Waals surface area contributed by atoms with Crippen LogP contribution in [0.25, 0.3) is 0 Å². The highest BCUT2D eigenvalue weighted by atomic mass is 16.2. The van der Waals surface area contributed by atoms with Gasteiger partial charge in [0.25, 0.3) is 5.91 Å². The number of carbonyl (C=O) groups excluding carboxylic acids is 2. The van der Waals surface area contributed by atoms with E-state index < -0.39 is 0 Å². The van der Waals surface area contributed by atoms with Gasteiger partial charge < -0.3 is 9.80 Å². The number of hydrogen-bond acceptors (Lipinski definition) is 4. The molecule has 1 saturated heterocycles. The summed E-state index contributed by atoms with van der Waals surface area (Å²) in [5.74, 6) is 0.544. The van der Waals surface area contributed by atoms with E-state index in [4.69, 9.17) is 0 Å². The minimum absolute atomic E-state index is 0.0461. The Bertz CT molecular complexity index is 470. The van der Waals surface area contributed by atoms with Crippen molar-refractivity contribution >= 4 is 11.8 Å². The standard InChI is InChI=1S/C12H19N5O2/c1-3-5-9-13-11(15-14-9)12(19)17-7-4-6-16(2)10(18)8-17/h3-8H2,1-2H3,(H,13,14,15). The molecule has 19 heavy (non-hydrogen) atoms. The lowest BCUT2D eigenvalue weighted by molar-refractivity contribution is -0.129. The topological polar surface area (TPSA) is 82.2 Å². The monoisotopic (exact) mass is 265 g/mol. The first-order valence-electron chi connectivity index (χ1n) is 6.56. The second-order valence-electron chi connectivity index (χ2n) is 4.75. The highest BCUT2D eigenvalue weighted by Gasteiger charge is 2.26. The van der Waals surface area contributed by atoms with Crippen LogP contribution in [0.5, 0.6) is 0 Å². The van der Waals surface area contributed by atoms with E-state index in [-0.39, 0.29) is 24.2 Å². The third-order valence-electron chi connectivity index (χ3n) is 3.17. The number of aromatic nitrogens is 3. The number of nitrogens with zero attached hydrogens (tertiary/aromatic N) is 4. The van der Waals surface area contributed by atoms with Gasteiger partial charge in [-0.15, -0.1) is 5.10 Å². The van der Waals surface area contributed by atoms with Crippen LogP contribution in [0.3, 0.4) is 0 Å². The van der Waals surface area contributed by atoms with Crippen LogP contribution in [0.15, 0.2) is 0 Å². The van der Waals surface area contributed by atoms with Gasteiger partial charge in [0.2, 0.25) is 11.7 Å². The van der Waals surface area contributed by atoms with Crippen LogP contribution < -0.4 is 0 Å². The van der Waals surface area contributed by atoms with Crippen LogP contribution in [-0.4, -0.2) is 63.5 Å². The van der Waals surface area contributed by atoms with Gasteiger partial charge in [-0.1, -0.05) is 6.92 Å². The summed E-state index contributed by atoms with van der Waals surface area (Å²) < 4.78 is 0. The first kappa shape index (κ1) is 13.5. The van der Waals surface area contributed by atoms with Crippen molar-refractivity contribution in [3.8, 4) is 0 Å². The van der Waals surface area contributed by atoms with E-state index in [0.717, 1.165) is 19.3 Å². The van der Waals surface area contributed by atoms with Crippen LogP contribution >= 0.6 is 0 Å². The number of likely N-dealkylation sites (N-methyl/N-ethyl adjacent to an activating group) is 1. The van der Waals surface area contributed by atoms with Gasteiger partial charge >= 0.3 is 0 Å². The molecule has 0 saturated carbocycles. The average molecular weight is 265 g/mol. The molecule has 0 aromatic carbocycles. The van der Waals surface area contributed by atoms with E-state index in [0.29, 0.717) is 18.9 Å². The zero-order valence-electron chi connectivity index (χ0n) is 11.3. The smallest absolute Gasteiger partial charge is 0.293 e. The van der Waals surface area contributed by atoms with Gasteiger partial charge in [-0.2, -0.15) is 0 Å². The number of aryl methyl sites for hydroxylation is 1. The second-order valence-corrected chi connectivity index (χ2v) is 4.75. The van der Waals surface area contributed by atoms with Crippen molar-refractivity contribution in [2.24, 2.45) is 0 Å². The summed E-state index contributed by atoms with van der Waals surface area (Å²) in [7, 11) is 1.75. The van der Waals surface area contributed by atoms with E-state index in [1.807, 2.05) is 6.92 Å². The molecule has 0 bridgehead atoms. The fourth-order valence-electron chi connectivity index (χ4n) is 2.04. The van der Waals surface area contributed by atoms with E-state index in [9.17, 15) is 9.59 Å². The molecule has 2 heterocycles. The molecule has 1 aliphatic rings. The SMILES string of the molecule is CCCc1nc(C(=O)N2CCCN(C)C(=O)C2)n[nH]1. The molecule has 1 aromatic heterocycles. The van der Waals surface area contributed by atoms with Crippen LogP contribution in [0, 0.1) is 0 Å². The lowest BCUT2D eigenvalue weighted by atomic mass is 10.3. The Morgan fingerprint density at radius 3 is 2.95 bits per heavy atom. The highest BCUT2D eigenvalue weighted by Crippen LogP contribution is 2.07. The second kappa shape index (κ2) is 5.81. The fourth-order valence-corrected chi connectivity index (χ4v) is 2.04. The summed E-state index contributed by atoms with van der Waals surface area (Å²) in [5.41, 5.74) is 0. The third-order valence-corrected chi connectivity index (χ3v) is 3.17. The fraction of sp³-hybridized carbons (Fsp3) is 0.667. The van der Waals surface area contributed by atoms with Crippen LogP contribution in [-0.2, 0) is 11.2 Å². The molecule has 0 radical (unpaired) electrons. The van der Waals surface area contributed by atoms with E-state index in [1.165, 1.54) is 4.90 Å². The van der Waals surface area contributed by atoms with E-state index >= 15 is 0 Å². The minimum atomic E-state index is -0.276. The van der Waals surface area contributed by atoms with Crippen molar-refractivity contribution in [1.29, 1.82) is 0 Å². The Morgan fingerprint density at radius 2 is 2.21 bits per heavy atom.